The lowest BCUT2D eigenvalue weighted by molar-refractivity contribution is 0.406. The summed E-state index contributed by atoms with van der Waals surface area (Å²) in [6.07, 6.45) is 0. The van der Waals surface area contributed by atoms with Gasteiger partial charge in [0.1, 0.15) is 11.5 Å². The van der Waals surface area contributed by atoms with Crippen LogP contribution >= 0.6 is 0 Å². The fourth-order valence-electron chi connectivity index (χ4n) is 2.56. The second kappa shape index (κ2) is 4.35. The summed E-state index contributed by atoms with van der Waals surface area (Å²) in [5.41, 5.74) is 3.24. The zero-order chi connectivity index (χ0) is 12.5. The number of phenols is 1. The molecule has 1 heterocycles. The normalized spacial score (nSPS) is 17.5. The van der Waals surface area contributed by atoms with E-state index in [-0.39, 0.29) is 6.04 Å². The van der Waals surface area contributed by atoms with E-state index in [1.165, 1.54) is 5.56 Å². The average Bonchev–Trinajstić information content (AvgIpc) is 2.83. The minimum Gasteiger partial charge on any atom is -0.508 e. The van der Waals surface area contributed by atoms with E-state index in [1.807, 2.05) is 30.3 Å². The van der Waals surface area contributed by atoms with Gasteiger partial charge in [0.25, 0.3) is 0 Å². The van der Waals surface area contributed by atoms with Gasteiger partial charge in [-0.05, 0) is 17.7 Å². The van der Waals surface area contributed by atoms with Crippen LogP contribution in [-0.4, -0.2) is 12.2 Å². The van der Waals surface area contributed by atoms with Crippen molar-refractivity contribution in [3.05, 3.63) is 59.2 Å². The molecule has 0 saturated heterocycles. The Morgan fingerprint density at radius 1 is 1.17 bits per heavy atom. The third-order valence-corrected chi connectivity index (χ3v) is 3.41. The van der Waals surface area contributed by atoms with E-state index in [1.54, 1.807) is 13.2 Å². The van der Waals surface area contributed by atoms with E-state index < -0.39 is 0 Å². The highest BCUT2D eigenvalue weighted by Gasteiger charge is 2.28. The quantitative estimate of drug-likeness (QED) is 0.849. The summed E-state index contributed by atoms with van der Waals surface area (Å²) in [4.78, 5) is 0. The SMILES string of the molecule is COc1cccc2c1C(c1ccccc1O)NC2. The average molecular weight is 241 g/mol. The highest BCUT2D eigenvalue weighted by Crippen LogP contribution is 2.39. The molecule has 1 aliphatic rings. The van der Waals surface area contributed by atoms with Crippen molar-refractivity contribution in [3.63, 3.8) is 0 Å². The highest BCUT2D eigenvalue weighted by molar-refractivity contribution is 5.52. The Morgan fingerprint density at radius 2 is 2.00 bits per heavy atom. The first kappa shape index (κ1) is 11.1. The van der Waals surface area contributed by atoms with Crippen LogP contribution in [0.15, 0.2) is 42.5 Å². The van der Waals surface area contributed by atoms with Crippen molar-refractivity contribution < 1.29 is 9.84 Å². The molecule has 0 spiro atoms. The van der Waals surface area contributed by atoms with Gasteiger partial charge in [0, 0.05) is 17.7 Å². The first-order valence-corrected chi connectivity index (χ1v) is 5.98. The Morgan fingerprint density at radius 3 is 2.78 bits per heavy atom. The summed E-state index contributed by atoms with van der Waals surface area (Å²) >= 11 is 0. The molecule has 1 aliphatic heterocycles. The van der Waals surface area contributed by atoms with Crippen LogP contribution in [-0.2, 0) is 6.54 Å². The molecular weight excluding hydrogens is 226 g/mol. The molecule has 3 nitrogen and oxygen atoms in total. The minimum absolute atomic E-state index is 0.00245. The van der Waals surface area contributed by atoms with Crippen LogP contribution in [0, 0.1) is 0 Å². The molecule has 2 aromatic rings. The second-order valence-corrected chi connectivity index (χ2v) is 4.41. The standard InChI is InChI=1S/C15H15NO2/c1-18-13-8-4-5-10-9-16-15(14(10)13)11-6-2-3-7-12(11)17/h2-8,15-17H,9H2,1H3. The number of para-hydroxylation sites is 1. The van der Waals surface area contributed by atoms with Gasteiger partial charge in [0.15, 0.2) is 0 Å². The van der Waals surface area contributed by atoms with E-state index in [0.29, 0.717) is 5.75 Å². The van der Waals surface area contributed by atoms with Gasteiger partial charge in [-0.1, -0.05) is 30.3 Å². The molecule has 3 rings (SSSR count). The molecule has 3 heteroatoms. The van der Waals surface area contributed by atoms with Crippen molar-refractivity contribution in [2.75, 3.05) is 7.11 Å². The summed E-state index contributed by atoms with van der Waals surface area (Å²) in [7, 11) is 1.68. The van der Waals surface area contributed by atoms with Crippen molar-refractivity contribution in [3.8, 4) is 11.5 Å². The van der Waals surface area contributed by atoms with Crippen molar-refractivity contribution in [2.24, 2.45) is 0 Å². The molecule has 92 valence electrons. The van der Waals surface area contributed by atoms with Crippen LogP contribution in [0.1, 0.15) is 22.7 Å². The van der Waals surface area contributed by atoms with E-state index in [0.717, 1.165) is 23.4 Å². The fourth-order valence-corrected chi connectivity index (χ4v) is 2.56. The number of methoxy groups -OCH3 is 1. The third kappa shape index (κ3) is 1.64. The van der Waals surface area contributed by atoms with Gasteiger partial charge in [-0.25, -0.2) is 0 Å². The summed E-state index contributed by atoms with van der Waals surface area (Å²) in [5, 5.41) is 13.4. The Kier molecular flexibility index (Phi) is 2.68. The number of fused-ring (bicyclic) bond motifs is 1. The third-order valence-electron chi connectivity index (χ3n) is 3.41. The van der Waals surface area contributed by atoms with Crippen molar-refractivity contribution in [1.82, 2.24) is 5.32 Å². The predicted molar refractivity (Wildman–Crippen MR) is 69.8 cm³/mol. The van der Waals surface area contributed by atoms with E-state index in [2.05, 4.69) is 11.4 Å². The lowest BCUT2D eigenvalue weighted by atomic mass is 9.97. The number of nitrogens with one attached hydrogen (secondary N) is 1. The minimum atomic E-state index is -0.00245. The zero-order valence-electron chi connectivity index (χ0n) is 10.2. The van der Waals surface area contributed by atoms with E-state index in [9.17, 15) is 5.11 Å². The molecule has 2 N–H and O–H groups in total. The second-order valence-electron chi connectivity index (χ2n) is 4.41. The molecule has 18 heavy (non-hydrogen) atoms. The predicted octanol–water partition coefficient (Wildman–Crippen LogP) is 2.59. The first-order chi connectivity index (χ1) is 8.81. The monoisotopic (exact) mass is 241 g/mol. The maximum Gasteiger partial charge on any atom is 0.124 e. The molecule has 0 bridgehead atoms. The first-order valence-electron chi connectivity index (χ1n) is 5.98. The molecule has 0 aliphatic carbocycles. The fraction of sp³-hybridized carbons (Fsp3) is 0.200. The van der Waals surface area contributed by atoms with Gasteiger partial charge in [-0.3, -0.25) is 0 Å². The summed E-state index contributed by atoms with van der Waals surface area (Å²) in [6.45, 7) is 0.797. The van der Waals surface area contributed by atoms with Crippen molar-refractivity contribution in [1.29, 1.82) is 0 Å². The maximum atomic E-state index is 9.98. The van der Waals surface area contributed by atoms with Crippen LogP contribution in [0.5, 0.6) is 11.5 Å². The number of aromatic hydroxyl groups is 1. The zero-order valence-corrected chi connectivity index (χ0v) is 10.2. The lowest BCUT2D eigenvalue weighted by Crippen LogP contribution is -2.13. The maximum absolute atomic E-state index is 9.98. The van der Waals surface area contributed by atoms with Gasteiger partial charge in [-0.15, -0.1) is 0 Å². The molecule has 1 atom stereocenters. The largest absolute Gasteiger partial charge is 0.508 e. The molecule has 2 aromatic carbocycles. The van der Waals surface area contributed by atoms with Crippen molar-refractivity contribution in [2.45, 2.75) is 12.6 Å². The molecule has 0 radical (unpaired) electrons. The Labute approximate surface area is 106 Å². The summed E-state index contributed by atoms with van der Waals surface area (Å²) in [5.74, 6) is 1.18. The van der Waals surface area contributed by atoms with Gasteiger partial charge >= 0.3 is 0 Å². The molecule has 0 saturated carbocycles. The van der Waals surface area contributed by atoms with Crippen LogP contribution in [0.25, 0.3) is 0 Å². The van der Waals surface area contributed by atoms with Gasteiger partial charge < -0.3 is 15.2 Å². The van der Waals surface area contributed by atoms with Gasteiger partial charge in [0.2, 0.25) is 0 Å². The van der Waals surface area contributed by atoms with Crippen LogP contribution in [0.3, 0.4) is 0 Å². The number of rotatable bonds is 2. The number of hydrogen-bond donors (Lipinski definition) is 2. The highest BCUT2D eigenvalue weighted by atomic mass is 16.5. The van der Waals surface area contributed by atoms with Gasteiger partial charge in [0.05, 0.1) is 13.2 Å². The van der Waals surface area contributed by atoms with Gasteiger partial charge in [-0.2, -0.15) is 0 Å². The molecule has 0 fully saturated rings. The van der Waals surface area contributed by atoms with Crippen LogP contribution < -0.4 is 10.1 Å². The van der Waals surface area contributed by atoms with Crippen LogP contribution in [0.2, 0.25) is 0 Å². The van der Waals surface area contributed by atoms with E-state index >= 15 is 0 Å². The van der Waals surface area contributed by atoms with Crippen molar-refractivity contribution >= 4 is 0 Å². The lowest BCUT2D eigenvalue weighted by Gasteiger charge is -2.16. The number of hydrogen-bond acceptors (Lipinski definition) is 3. The topological polar surface area (TPSA) is 41.5 Å². The molecule has 1 unspecified atom stereocenters. The number of benzene rings is 2. The Bertz CT molecular complexity index is 580. The van der Waals surface area contributed by atoms with Crippen LogP contribution in [0.4, 0.5) is 0 Å². The molecule has 0 aromatic heterocycles. The Balaban J connectivity index is 2.13. The van der Waals surface area contributed by atoms with E-state index in [4.69, 9.17) is 4.74 Å². The number of ether oxygens (including phenoxy) is 1. The summed E-state index contributed by atoms with van der Waals surface area (Å²) in [6, 6.07) is 13.5. The number of phenolic OH excluding ortho intramolecular Hbond substituents is 1. The summed E-state index contributed by atoms with van der Waals surface area (Å²) < 4.78 is 5.43. The molecular formula is C15H15NO2. The smallest absolute Gasteiger partial charge is 0.124 e. The Hall–Kier alpha value is -2.00. The molecule has 0 amide bonds.